The van der Waals surface area contributed by atoms with Gasteiger partial charge < -0.3 is 30.5 Å². The number of amides is 2. The number of carbonyl (C=O) groups excluding carboxylic acids is 2. The van der Waals surface area contributed by atoms with Gasteiger partial charge >= 0.3 is 5.97 Å². The molecule has 2 atom stereocenters. The summed E-state index contributed by atoms with van der Waals surface area (Å²) in [6, 6.07) is 19.1. The summed E-state index contributed by atoms with van der Waals surface area (Å²) in [5, 5.41) is 25.9. The molecule has 0 saturated heterocycles. The number of ether oxygens (including phenoxy) is 1. The van der Waals surface area contributed by atoms with Gasteiger partial charge in [-0.1, -0.05) is 102 Å². The van der Waals surface area contributed by atoms with Crippen LogP contribution in [-0.2, 0) is 30.1 Å². The average molecular weight is 755 g/mol. The molecule has 14 heteroatoms. The van der Waals surface area contributed by atoms with Crippen LogP contribution in [-0.4, -0.2) is 67.4 Å². The summed E-state index contributed by atoms with van der Waals surface area (Å²) in [6.07, 6.45) is 6.61. The Morgan fingerprint density at radius 3 is 2.13 bits per heavy atom. The van der Waals surface area contributed by atoms with E-state index in [1.54, 1.807) is 38.1 Å². The van der Waals surface area contributed by atoms with Gasteiger partial charge in [-0.05, 0) is 43.2 Å². The number of hydrogen-bond acceptors (Lipinski definition) is 9. The van der Waals surface area contributed by atoms with Crippen LogP contribution in [0.3, 0.4) is 0 Å². The Bertz CT molecular complexity index is 1800. The normalized spacial score (nSPS) is 16.6. The first-order chi connectivity index (χ1) is 24.7. The highest BCUT2D eigenvalue weighted by Crippen LogP contribution is 2.44. The number of anilines is 2. The van der Waals surface area contributed by atoms with Crippen LogP contribution in [0.4, 0.5) is 11.4 Å². The van der Waals surface area contributed by atoms with Crippen molar-refractivity contribution in [3.8, 4) is 5.75 Å². The second-order valence-electron chi connectivity index (χ2n) is 13.4. The summed E-state index contributed by atoms with van der Waals surface area (Å²) in [5.41, 5.74) is -2.08. The molecular formula is C38H50N4O8S2. The number of nitrogens with one attached hydrogen (secondary N) is 3. The number of fused-ring (bicyclic) bond motifs is 1. The quantitative estimate of drug-likeness (QED) is 0.0872. The minimum atomic E-state index is -4.10. The second kappa shape index (κ2) is 17.6. The summed E-state index contributed by atoms with van der Waals surface area (Å²) in [7, 11) is -4.10. The highest BCUT2D eigenvalue weighted by molar-refractivity contribution is 7.98. The maximum atomic E-state index is 14.3. The lowest BCUT2D eigenvalue weighted by Crippen LogP contribution is -2.60. The second-order valence-corrected chi connectivity index (χ2v) is 15.9. The number of unbranched alkanes of at least 4 members (excludes halogenated alkanes) is 2. The fraction of sp³-hybridized carbons (Fsp3) is 0.447. The number of nitrogens with zero attached hydrogens (tertiary/aromatic N) is 1. The van der Waals surface area contributed by atoms with Crippen LogP contribution < -0.4 is 25.0 Å². The zero-order valence-corrected chi connectivity index (χ0v) is 32.0. The molecule has 4 rings (SSSR count). The van der Waals surface area contributed by atoms with Crippen molar-refractivity contribution in [2.45, 2.75) is 93.3 Å². The molecule has 282 valence electrons. The Hall–Kier alpha value is -4.11. The molecule has 0 fully saturated rings. The lowest BCUT2D eigenvalue weighted by atomic mass is 9.87. The minimum absolute atomic E-state index is 0.00335. The molecule has 1 aliphatic rings. The number of carboxylic acids is 1. The molecular weight excluding hydrogens is 705 g/mol. The first-order valence-electron chi connectivity index (χ1n) is 17.5. The predicted molar refractivity (Wildman–Crippen MR) is 202 cm³/mol. The van der Waals surface area contributed by atoms with Crippen molar-refractivity contribution in [2.75, 3.05) is 24.3 Å². The molecule has 0 bridgehead atoms. The average Bonchev–Trinajstić information content (AvgIpc) is 3.22. The molecule has 0 aliphatic carbocycles. The van der Waals surface area contributed by atoms with Gasteiger partial charge in [-0.15, -0.1) is 11.8 Å². The molecule has 0 spiro atoms. The van der Waals surface area contributed by atoms with Crippen LogP contribution in [0.5, 0.6) is 5.75 Å². The van der Waals surface area contributed by atoms with E-state index in [0.717, 1.165) is 31.4 Å². The molecule has 3 aromatic rings. The number of hydrogen-bond donors (Lipinski definition) is 5. The zero-order chi connectivity index (χ0) is 38.1. The van der Waals surface area contributed by atoms with Crippen LogP contribution in [0, 0.1) is 5.92 Å². The third-order valence-corrected chi connectivity index (χ3v) is 11.5. The van der Waals surface area contributed by atoms with Crippen molar-refractivity contribution in [3.63, 3.8) is 0 Å². The van der Waals surface area contributed by atoms with E-state index in [2.05, 4.69) is 29.2 Å². The molecule has 0 saturated carbocycles. The maximum Gasteiger partial charge on any atom is 0.326 e. The maximum absolute atomic E-state index is 14.3. The highest BCUT2D eigenvalue weighted by Gasteiger charge is 2.44. The van der Waals surface area contributed by atoms with E-state index < -0.39 is 57.6 Å². The number of benzene rings is 3. The molecule has 3 aromatic carbocycles. The Labute approximate surface area is 310 Å². The number of aliphatic hydroxyl groups is 1. The van der Waals surface area contributed by atoms with E-state index in [-0.39, 0.29) is 16.2 Å². The van der Waals surface area contributed by atoms with Gasteiger partial charge in [0, 0.05) is 23.9 Å². The van der Waals surface area contributed by atoms with Gasteiger partial charge in [-0.25, -0.2) is 17.9 Å². The van der Waals surface area contributed by atoms with E-state index in [9.17, 15) is 33.0 Å². The van der Waals surface area contributed by atoms with E-state index in [1.807, 2.05) is 41.5 Å². The van der Waals surface area contributed by atoms with Crippen molar-refractivity contribution < 1.29 is 37.8 Å². The lowest BCUT2D eigenvalue weighted by Gasteiger charge is -2.37. The van der Waals surface area contributed by atoms with E-state index in [1.165, 1.54) is 30.0 Å². The molecule has 0 radical (unpaired) electrons. The fourth-order valence-corrected chi connectivity index (χ4v) is 8.53. The number of para-hydroxylation sites is 1. The number of carboxylic acid groups (broad SMARTS) is 1. The van der Waals surface area contributed by atoms with Gasteiger partial charge in [0.1, 0.15) is 16.7 Å². The summed E-state index contributed by atoms with van der Waals surface area (Å²) in [5.74, 6) is -3.76. The summed E-state index contributed by atoms with van der Waals surface area (Å²) in [6.45, 7) is 7.08. The molecule has 1 aliphatic heterocycles. The molecule has 5 N–H and O–H groups in total. The van der Waals surface area contributed by atoms with Crippen molar-refractivity contribution in [3.05, 3.63) is 78.4 Å². The number of carbonyl (C=O) groups is 3. The number of sulfonamides is 1. The molecule has 0 unspecified atom stereocenters. The molecule has 12 nitrogen and oxygen atoms in total. The standard InChI is InChI=1S/C38H50N4O8S2/c1-6-8-20-37(21-9-7-2)25-42(28-18-14-11-15-19-28)29-22-31(51-5)30(23-32(29)52(48,49)41-37)50-24-33(43)40-38(47,27-16-12-10-13-17-27)36(46)39-34(26(3)4)35(44)45/h10-19,22-23,26,34,41,47H,6-9,20-21,24-25H2,1-5H3,(H,39,46)(H,40,43)(H,44,45)/t34-,38+/m0/s1. The molecule has 0 aromatic heterocycles. The molecule has 2 amide bonds. The van der Waals surface area contributed by atoms with Gasteiger partial charge in [-0.3, -0.25) is 9.59 Å². The Morgan fingerprint density at radius 1 is 1.00 bits per heavy atom. The number of thioether (sulfide) groups is 1. The molecule has 1 heterocycles. The monoisotopic (exact) mass is 754 g/mol. The Kier molecular flexibility index (Phi) is 13.8. The first-order valence-corrected chi connectivity index (χ1v) is 20.2. The summed E-state index contributed by atoms with van der Waals surface area (Å²) in [4.78, 5) is 41.3. The van der Waals surface area contributed by atoms with Crippen LogP contribution in [0.1, 0.15) is 71.8 Å². The number of aliphatic carboxylic acids is 1. The summed E-state index contributed by atoms with van der Waals surface area (Å²) < 4.78 is 37.7. The van der Waals surface area contributed by atoms with Crippen LogP contribution >= 0.6 is 11.8 Å². The third kappa shape index (κ3) is 9.46. The van der Waals surface area contributed by atoms with Crippen LogP contribution in [0.15, 0.2) is 82.6 Å². The molecule has 52 heavy (non-hydrogen) atoms. The van der Waals surface area contributed by atoms with Crippen molar-refractivity contribution in [2.24, 2.45) is 5.92 Å². The zero-order valence-electron chi connectivity index (χ0n) is 30.3. The number of rotatable bonds is 17. The predicted octanol–water partition coefficient (Wildman–Crippen LogP) is 5.52. The van der Waals surface area contributed by atoms with E-state index in [0.29, 0.717) is 30.0 Å². The third-order valence-electron chi connectivity index (χ3n) is 9.14. The van der Waals surface area contributed by atoms with E-state index in [4.69, 9.17) is 4.74 Å². The Morgan fingerprint density at radius 2 is 1.60 bits per heavy atom. The smallest absolute Gasteiger partial charge is 0.326 e. The summed E-state index contributed by atoms with van der Waals surface area (Å²) >= 11 is 1.31. The first kappa shape index (κ1) is 40.7. The van der Waals surface area contributed by atoms with Gasteiger partial charge in [0.15, 0.2) is 6.61 Å². The van der Waals surface area contributed by atoms with Crippen molar-refractivity contribution in [1.82, 2.24) is 15.4 Å². The van der Waals surface area contributed by atoms with Gasteiger partial charge in [0.25, 0.3) is 11.8 Å². The Balaban J connectivity index is 1.71. The van der Waals surface area contributed by atoms with Gasteiger partial charge in [0.2, 0.25) is 15.7 Å². The van der Waals surface area contributed by atoms with Crippen molar-refractivity contribution in [1.29, 1.82) is 0 Å². The van der Waals surface area contributed by atoms with Gasteiger partial charge in [0.05, 0.1) is 16.1 Å². The topological polar surface area (TPSA) is 174 Å². The fourth-order valence-electron chi connectivity index (χ4n) is 6.32. The van der Waals surface area contributed by atoms with Crippen LogP contribution in [0.25, 0.3) is 0 Å². The minimum Gasteiger partial charge on any atom is -0.483 e. The van der Waals surface area contributed by atoms with Crippen molar-refractivity contribution >= 4 is 50.9 Å². The highest BCUT2D eigenvalue weighted by atomic mass is 32.2. The largest absolute Gasteiger partial charge is 0.483 e. The van der Waals surface area contributed by atoms with Crippen LogP contribution in [0.2, 0.25) is 0 Å². The van der Waals surface area contributed by atoms with Gasteiger partial charge in [-0.2, -0.15) is 0 Å². The lowest BCUT2D eigenvalue weighted by molar-refractivity contribution is -0.155. The van der Waals surface area contributed by atoms with E-state index >= 15 is 0 Å². The SMILES string of the molecule is CCCCC1(CCCC)CN(c2ccccc2)c2cc(SC)c(OCC(=O)N[C@](O)(C(=O)N[C@H](C(=O)O)C(C)C)c3ccccc3)cc2S(=O)(=O)N1.